The summed E-state index contributed by atoms with van der Waals surface area (Å²) in [5, 5.41) is 20.6. The van der Waals surface area contributed by atoms with Crippen molar-refractivity contribution in [3.05, 3.63) is 94.6 Å². The first kappa shape index (κ1) is 16.9. The Bertz CT molecular complexity index is 1080. The molecule has 0 spiro atoms. The molecule has 0 bridgehead atoms. The van der Waals surface area contributed by atoms with Crippen molar-refractivity contribution in [2.45, 2.75) is 24.7 Å². The Morgan fingerprint density at radius 2 is 1.89 bits per heavy atom. The molecular weight excluding hydrogens is 353 g/mol. The smallest absolute Gasteiger partial charge is 0.123 e. The van der Waals surface area contributed by atoms with Crippen molar-refractivity contribution in [1.29, 1.82) is 0 Å². The Morgan fingerprint density at radius 1 is 1.11 bits per heavy atom. The fraction of sp³-hybridized carbons (Fsp3) is 0.217. The molecule has 0 saturated heterocycles. The molecule has 1 fully saturated rings. The van der Waals surface area contributed by atoms with Crippen LogP contribution in [0.3, 0.4) is 0 Å². The van der Waals surface area contributed by atoms with Gasteiger partial charge in [0.25, 0.3) is 0 Å². The molecule has 2 N–H and O–H groups in total. The van der Waals surface area contributed by atoms with Crippen LogP contribution in [-0.2, 0) is 11.8 Å². The Hall–Kier alpha value is -3.21. The van der Waals surface area contributed by atoms with Gasteiger partial charge >= 0.3 is 0 Å². The number of hydrogen-bond donors (Lipinski definition) is 2. The van der Waals surface area contributed by atoms with Gasteiger partial charge in [0, 0.05) is 29.0 Å². The first-order chi connectivity index (χ1) is 13.7. The molecule has 0 radical (unpaired) electrons. The maximum atomic E-state index is 14.1. The first-order valence-corrected chi connectivity index (χ1v) is 9.51. The van der Waals surface area contributed by atoms with Gasteiger partial charge in [-0.25, -0.2) is 4.39 Å². The monoisotopic (exact) mass is 373 g/mol. The molecule has 3 aromatic rings. The van der Waals surface area contributed by atoms with E-state index in [0.29, 0.717) is 12.1 Å². The lowest BCUT2D eigenvalue weighted by Crippen LogP contribution is -2.30. The molecule has 0 aliphatic heterocycles. The molecule has 4 nitrogen and oxygen atoms in total. The molecule has 2 aromatic carbocycles. The van der Waals surface area contributed by atoms with E-state index in [1.807, 2.05) is 30.3 Å². The van der Waals surface area contributed by atoms with Crippen LogP contribution in [0.1, 0.15) is 40.9 Å². The SMILES string of the molecule is ON=C(c1n[nH]c2c1C=CC(c1ccccc1)(c1cccc(F)c1)C2)C1CC1. The molecule has 5 heteroatoms. The number of hydrogen-bond acceptors (Lipinski definition) is 3. The standard InChI is InChI=1S/C23H20FN3O/c24-18-8-4-7-17(13-18)23(16-5-2-1-3-6-16)12-11-19-20(14-23)25-26-22(19)21(27-28)15-9-10-15/h1-8,11-13,15,28H,9-10,14H2,(H,25,26). The molecule has 1 aromatic heterocycles. The zero-order valence-electron chi connectivity index (χ0n) is 15.3. The van der Waals surface area contributed by atoms with Gasteiger partial charge in [-0.3, -0.25) is 5.10 Å². The van der Waals surface area contributed by atoms with E-state index in [2.05, 4.69) is 33.6 Å². The molecule has 28 heavy (non-hydrogen) atoms. The van der Waals surface area contributed by atoms with Gasteiger partial charge < -0.3 is 5.21 Å². The number of allylic oxidation sites excluding steroid dienone is 1. The van der Waals surface area contributed by atoms with E-state index in [4.69, 9.17) is 0 Å². The minimum Gasteiger partial charge on any atom is -0.411 e. The van der Waals surface area contributed by atoms with Crippen LogP contribution in [0.2, 0.25) is 0 Å². The molecule has 0 amide bonds. The van der Waals surface area contributed by atoms with Crippen LogP contribution in [0.25, 0.3) is 6.08 Å². The van der Waals surface area contributed by atoms with Crippen molar-refractivity contribution >= 4 is 11.8 Å². The van der Waals surface area contributed by atoms with Crippen LogP contribution in [0.15, 0.2) is 65.8 Å². The van der Waals surface area contributed by atoms with E-state index >= 15 is 0 Å². The van der Waals surface area contributed by atoms with Gasteiger partial charge in [0.05, 0.1) is 0 Å². The predicted octanol–water partition coefficient (Wildman–Crippen LogP) is 4.69. The number of nitrogens with one attached hydrogen (secondary N) is 1. The summed E-state index contributed by atoms with van der Waals surface area (Å²) in [6.07, 6.45) is 6.84. The van der Waals surface area contributed by atoms with Crippen molar-refractivity contribution in [2.24, 2.45) is 11.1 Å². The number of benzene rings is 2. The number of H-pyrrole nitrogens is 1. The summed E-state index contributed by atoms with van der Waals surface area (Å²) in [6.45, 7) is 0. The lowest BCUT2D eigenvalue weighted by Gasteiger charge is -2.34. The maximum Gasteiger partial charge on any atom is 0.123 e. The van der Waals surface area contributed by atoms with E-state index in [1.165, 1.54) is 6.07 Å². The van der Waals surface area contributed by atoms with E-state index in [9.17, 15) is 9.60 Å². The van der Waals surface area contributed by atoms with E-state index < -0.39 is 5.41 Å². The van der Waals surface area contributed by atoms with Crippen LogP contribution in [0, 0.1) is 11.7 Å². The Kier molecular flexibility index (Phi) is 3.90. The van der Waals surface area contributed by atoms with E-state index in [0.717, 1.165) is 40.9 Å². The second kappa shape index (κ2) is 6.44. The van der Waals surface area contributed by atoms with Crippen molar-refractivity contribution < 1.29 is 9.60 Å². The number of halogens is 1. The number of aromatic nitrogens is 2. The highest BCUT2D eigenvalue weighted by molar-refractivity contribution is 6.04. The minimum atomic E-state index is -0.490. The molecule has 1 atom stereocenters. The third-order valence-electron chi connectivity index (χ3n) is 5.82. The maximum absolute atomic E-state index is 14.1. The quantitative estimate of drug-likeness (QED) is 0.396. The zero-order chi connectivity index (χ0) is 19.1. The highest BCUT2D eigenvalue weighted by atomic mass is 19.1. The summed E-state index contributed by atoms with van der Waals surface area (Å²) in [7, 11) is 0. The fourth-order valence-corrected chi connectivity index (χ4v) is 4.20. The second-order valence-corrected chi connectivity index (χ2v) is 7.58. The van der Waals surface area contributed by atoms with Gasteiger partial charge in [-0.1, -0.05) is 59.8 Å². The van der Waals surface area contributed by atoms with Gasteiger partial charge in [0.15, 0.2) is 0 Å². The van der Waals surface area contributed by atoms with Crippen molar-refractivity contribution in [3.8, 4) is 0 Å². The van der Waals surface area contributed by atoms with Crippen LogP contribution in [0.5, 0.6) is 0 Å². The molecule has 2 aliphatic rings. The van der Waals surface area contributed by atoms with Gasteiger partial charge in [0.1, 0.15) is 17.2 Å². The van der Waals surface area contributed by atoms with Crippen LogP contribution >= 0.6 is 0 Å². The number of aromatic amines is 1. The summed E-state index contributed by atoms with van der Waals surface area (Å²) in [4.78, 5) is 0. The van der Waals surface area contributed by atoms with E-state index in [-0.39, 0.29) is 11.7 Å². The Labute approximate surface area is 162 Å². The van der Waals surface area contributed by atoms with Crippen molar-refractivity contribution in [2.75, 3.05) is 0 Å². The van der Waals surface area contributed by atoms with Gasteiger partial charge in [0.2, 0.25) is 0 Å². The first-order valence-electron chi connectivity index (χ1n) is 9.51. The molecule has 2 aliphatic carbocycles. The summed E-state index contributed by atoms with van der Waals surface area (Å²) in [6, 6.07) is 16.9. The summed E-state index contributed by atoms with van der Waals surface area (Å²) >= 11 is 0. The molecule has 1 unspecified atom stereocenters. The highest BCUT2D eigenvalue weighted by Crippen LogP contribution is 2.43. The number of nitrogens with zero attached hydrogens (tertiary/aromatic N) is 2. The minimum absolute atomic E-state index is 0.249. The average Bonchev–Trinajstić information content (AvgIpc) is 3.49. The number of rotatable bonds is 4. The van der Waals surface area contributed by atoms with Gasteiger partial charge in [-0.15, -0.1) is 0 Å². The highest BCUT2D eigenvalue weighted by Gasteiger charge is 2.39. The Morgan fingerprint density at radius 3 is 2.61 bits per heavy atom. The zero-order valence-corrected chi connectivity index (χ0v) is 15.3. The van der Waals surface area contributed by atoms with Gasteiger partial charge in [-0.2, -0.15) is 5.10 Å². The normalized spacial score (nSPS) is 21.5. The Balaban J connectivity index is 1.64. The van der Waals surface area contributed by atoms with Crippen molar-refractivity contribution in [3.63, 3.8) is 0 Å². The average molecular weight is 373 g/mol. The molecule has 1 heterocycles. The predicted molar refractivity (Wildman–Crippen MR) is 106 cm³/mol. The summed E-state index contributed by atoms with van der Waals surface area (Å²) < 4.78 is 14.1. The summed E-state index contributed by atoms with van der Waals surface area (Å²) in [5.74, 6) is 0.0376. The van der Waals surface area contributed by atoms with Crippen molar-refractivity contribution in [1.82, 2.24) is 10.2 Å². The van der Waals surface area contributed by atoms with Crippen LogP contribution < -0.4 is 0 Å². The number of oxime groups is 1. The molecule has 5 rings (SSSR count). The number of fused-ring (bicyclic) bond motifs is 1. The lowest BCUT2D eigenvalue weighted by atomic mass is 9.68. The molecular formula is C23H20FN3O. The molecule has 1 saturated carbocycles. The third kappa shape index (κ3) is 2.66. The fourth-order valence-electron chi connectivity index (χ4n) is 4.20. The summed E-state index contributed by atoms with van der Waals surface area (Å²) in [5.41, 5.74) is 4.80. The molecule has 140 valence electrons. The largest absolute Gasteiger partial charge is 0.411 e. The lowest BCUT2D eigenvalue weighted by molar-refractivity contribution is 0.317. The van der Waals surface area contributed by atoms with Crippen LogP contribution in [-0.4, -0.2) is 21.1 Å². The van der Waals surface area contributed by atoms with Crippen LogP contribution in [0.4, 0.5) is 4.39 Å². The third-order valence-corrected chi connectivity index (χ3v) is 5.82. The second-order valence-electron chi connectivity index (χ2n) is 7.58. The van der Waals surface area contributed by atoms with E-state index in [1.54, 1.807) is 12.1 Å². The van der Waals surface area contributed by atoms with Gasteiger partial charge in [-0.05, 0) is 36.1 Å². The topological polar surface area (TPSA) is 61.3 Å².